The maximum atomic E-state index is 12.0. The summed E-state index contributed by atoms with van der Waals surface area (Å²) >= 11 is 1.28. The molecule has 1 aromatic heterocycles. The summed E-state index contributed by atoms with van der Waals surface area (Å²) in [4.78, 5) is 38.4. The molecule has 2 heterocycles. The number of hydrogen-bond acceptors (Lipinski definition) is 5. The van der Waals surface area contributed by atoms with Gasteiger partial charge in [0.1, 0.15) is 5.00 Å². The van der Waals surface area contributed by atoms with Gasteiger partial charge in [-0.1, -0.05) is 0 Å². The summed E-state index contributed by atoms with van der Waals surface area (Å²) in [5.74, 6) is -0.593. The van der Waals surface area contributed by atoms with Crippen molar-refractivity contribution in [1.29, 1.82) is 0 Å². The Kier molecular flexibility index (Phi) is 5.51. The van der Waals surface area contributed by atoms with E-state index in [0.29, 0.717) is 36.6 Å². The molecule has 120 valence electrons. The smallest absolute Gasteiger partial charge is 0.251 e. The number of amides is 3. The SMILES string of the molecule is CC(=O)N1CCN(CCC(=O)Nc2sccc2C(N)=O)CC1. The molecular weight excluding hydrogens is 304 g/mol. The van der Waals surface area contributed by atoms with E-state index < -0.39 is 5.91 Å². The van der Waals surface area contributed by atoms with Gasteiger partial charge >= 0.3 is 0 Å². The fraction of sp³-hybridized carbons (Fsp3) is 0.500. The highest BCUT2D eigenvalue weighted by molar-refractivity contribution is 7.14. The lowest BCUT2D eigenvalue weighted by molar-refractivity contribution is -0.130. The van der Waals surface area contributed by atoms with Crippen LogP contribution in [-0.4, -0.2) is 60.2 Å². The lowest BCUT2D eigenvalue weighted by atomic mass is 10.2. The van der Waals surface area contributed by atoms with Crippen molar-refractivity contribution in [2.45, 2.75) is 13.3 Å². The predicted molar refractivity (Wildman–Crippen MR) is 84.8 cm³/mol. The average molecular weight is 324 g/mol. The first-order chi connectivity index (χ1) is 10.5. The Morgan fingerprint density at radius 2 is 1.95 bits per heavy atom. The van der Waals surface area contributed by atoms with Crippen LogP contribution >= 0.6 is 11.3 Å². The minimum atomic E-state index is -0.545. The molecule has 1 saturated heterocycles. The summed E-state index contributed by atoms with van der Waals surface area (Å²) in [5.41, 5.74) is 5.58. The molecule has 0 radical (unpaired) electrons. The molecule has 8 heteroatoms. The normalized spacial score (nSPS) is 15.6. The van der Waals surface area contributed by atoms with Gasteiger partial charge in [-0.3, -0.25) is 19.3 Å². The van der Waals surface area contributed by atoms with Crippen LogP contribution in [0.25, 0.3) is 0 Å². The number of hydrogen-bond donors (Lipinski definition) is 2. The van der Waals surface area contributed by atoms with Crippen LogP contribution in [0.5, 0.6) is 0 Å². The maximum Gasteiger partial charge on any atom is 0.251 e. The molecule has 22 heavy (non-hydrogen) atoms. The summed E-state index contributed by atoms with van der Waals surface area (Å²) in [6, 6.07) is 1.60. The molecule has 2 rings (SSSR count). The Labute approximate surface area is 133 Å². The third kappa shape index (κ3) is 4.28. The molecule has 0 saturated carbocycles. The van der Waals surface area contributed by atoms with Gasteiger partial charge in [-0.25, -0.2) is 0 Å². The average Bonchev–Trinajstić information content (AvgIpc) is 2.94. The molecule has 0 atom stereocenters. The Morgan fingerprint density at radius 3 is 2.55 bits per heavy atom. The van der Waals surface area contributed by atoms with Crippen LogP contribution < -0.4 is 11.1 Å². The first-order valence-electron chi connectivity index (χ1n) is 7.12. The molecule has 1 aliphatic heterocycles. The number of nitrogens with two attached hydrogens (primary N) is 1. The Hall–Kier alpha value is -1.93. The fourth-order valence-corrected chi connectivity index (χ4v) is 3.14. The van der Waals surface area contributed by atoms with Crippen LogP contribution in [0.4, 0.5) is 5.00 Å². The quantitative estimate of drug-likeness (QED) is 0.816. The van der Waals surface area contributed by atoms with Gasteiger partial charge in [-0.2, -0.15) is 0 Å². The van der Waals surface area contributed by atoms with Gasteiger partial charge in [-0.15, -0.1) is 11.3 Å². The summed E-state index contributed by atoms with van der Waals surface area (Å²) < 4.78 is 0. The van der Waals surface area contributed by atoms with Gasteiger partial charge in [0, 0.05) is 46.1 Å². The molecule has 3 N–H and O–H groups in total. The third-order valence-electron chi connectivity index (χ3n) is 3.66. The number of piperazine rings is 1. The van der Waals surface area contributed by atoms with Gasteiger partial charge in [-0.05, 0) is 11.4 Å². The Morgan fingerprint density at radius 1 is 1.27 bits per heavy atom. The van der Waals surface area contributed by atoms with Gasteiger partial charge < -0.3 is 16.0 Å². The van der Waals surface area contributed by atoms with Crippen LogP contribution in [0.3, 0.4) is 0 Å². The molecule has 0 aromatic carbocycles. The number of anilines is 1. The standard InChI is InChI=1S/C14H20N4O3S/c1-10(19)18-7-5-17(6-8-18)4-2-12(20)16-14-11(13(15)21)3-9-22-14/h3,9H,2,4-8H2,1H3,(H2,15,21)(H,16,20). The lowest BCUT2D eigenvalue weighted by Gasteiger charge is -2.33. The highest BCUT2D eigenvalue weighted by Gasteiger charge is 2.19. The monoisotopic (exact) mass is 324 g/mol. The number of rotatable bonds is 5. The van der Waals surface area contributed by atoms with E-state index in [-0.39, 0.29) is 11.8 Å². The Balaban J connectivity index is 1.76. The zero-order valence-corrected chi connectivity index (χ0v) is 13.3. The van der Waals surface area contributed by atoms with E-state index in [1.54, 1.807) is 23.3 Å². The predicted octanol–water partition coefficient (Wildman–Crippen LogP) is 0.340. The van der Waals surface area contributed by atoms with Gasteiger partial charge in [0.25, 0.3) is 5.91 Å². The first kappa shape index (κ1) is 16.4. The summed E-state index contributed by atoms with van der Waals surface area (Å²) in [6.45, 7) is 5.16. The van der Waals surface area contributed by atoms with Crippen molar-refractivity contribution in [3.05, 3.63) is 17.0 Å². The lowest BCUT2D eigenvalue weighted by Crippen LogP contribution is -2.48. The van der Waals surface area contributed by atoms with E-state index in [9.17, 15) is 14.4 Å². The molecule has 0 unspecified atom stereocenters. The highest BCUT2D eigenvalue weighted by atomic mass is 32.1. The van der Waals surface area contributed by atoms with Crippen LogP contribution in [0.15, 0.2) is 11.4 Å². The second kappa shape index (κ2) is 7.37. The largest absolute Gasteiger partial charge is 0.366 e. The van der Waals surface area contributed by atoms with E-state index in [4.69, 9.17) is 5.73 Å². The number of nitrogens with one attached hydrogen (secondary N) is 1. The van der Waals surface area contributed by atoms with E-state index >= 15 is 0 Å². The van der Waals surface area contributed by atoms with Gasteiger partial charge in [0.2, 0.25) is 11.8 Å². The molecule has 0 spiro atoms. The van der Waals surface area contributed by atoms with Crippen molar-refractivity contribution in [3.63, 3.8) is 0 Å². The fourth-order valence-electron chi connectivity index (χ4n) is 2.34. The Bertz CT molecular complexity index is 564. The van der Waals surface area contributed by atoms with E-state index in [1.807, 2.05) is 0 Å². The zero-order valence-electron chi connectivity index (χ0n) is 12.5. The molecule has 1 aromatic rings. The van der Waals surface area contributed by atoms with Crippen molar-refractivity contribution in [2.75, 3.05) is 38.0 Å². The third-order valence-corrected chi connectivity index (χ3v) is 4.49. The molecule has 0 bridgehead atoms. The number of carbonyl (C=O) groups is 3. The number of nitrogens with zero attached hydrogens (tertiary/aromatic N) is 2. The minimum absolute atomic E-state index is 0.0917. The van der Waals surface area contributed by atoms with Crippen molar-refractivity contribution in [1.82, 2.24) is 9.80 Å². The number of carbonyl (C=O) groups excluding carboxylic acids is 3. The molecule has 1 aliphatic rings. The van der Waals surface area contributed by atoms with E-state index in [1.165, 1.54) is 11.3 Å². The van der Waals surface area contributed by atoms with Crippen LogP contribution in [0.2, 0.25) is 0 Å². The molecular formula is C14H20N4O3S. The molecule has 1 fully saturated rings. The van der Waals surface area contributed by atoms with Gasteiger partial charge in [0.15, 0.2) is 0 Å². The zero-order chi connectivity index (χ0) is 16.1. The molecule has 0 aliphatic carbocycles. The second-order valence-electron chi connectivity index (χ2n) is 5.17. The second-order valence-corrected chi connectivity index (χ2v) is 6.09. The first-order valence-corrected chi connectivity index (χ1v) is 8.00. The number of thiophene rings is 1. The highest BCUT2D eigenvalue weighted by Crippen LogP contribution is 2.22. The van der Waals surface area contributed by atoms with E-state index in [2.05, 4.69) is 10.2 Å². The summed E-state index contributed by atoms with van der Waals surface area (Å²) in [7, 11) is 0. The van der Waals surface area contributed by atoms with Crippen LogP contribution in [-0.2, 0) is 9.59 Å². The topological polar surface area (TPSA) is 95.7 Å². The summed E-state index contributed by atoms with van der Waals surface area (Å²) in [6.07, 6.45) is 0.343. The van der Waals surface area contributed by atoms with Crippen molar-refractivity contribution in [3.8, 4) is 0 Å². The molecule has 3 amide bonds. The minimum Gasteiger partial charge on any atom is -0.366 e. The van der Waals surface area contributed by atoms with Crippen LogP contribution in [0.1, 0.15) is 23.7 Å². The molecule has 7 nitrogen and oxygen atoms in total. The van der Waals surface area contributed by atoms with Crippen LogP contribution in [0, 0.1) is 0 Å². The maximum absolute atomic E-state index is 12.0. The van der Waals surface area contributed by atoms with E-state index in [0.717, 1.165) is 13.1 Å². The van der Waals surface area contributed by atoms with Crippen molar-refractivity contribution >= 4 is 34.1 Å². The van der Waals surface area contributed by atoms with Gasteiger partial charge in [0.05, 0.1) is 5.56 Å². The summed E-state index contributed by atoms with van der Waals surface area (Å²) in [5, 5.41) is 4.94. The van der Waals surface area contributed by atoms with Crippen molar-refractivity contribution in [2.24, 2.45) is 5.73 Å². The van der Waals surface area contributed by atoms with Crippen molar-refractivity contribution < 1.29 is 14.4 Å². The number of primary amides is 1.